The van der Waals surface area contributed by atoms with Gasteiger partial charge in [0, 0.05) is 12.1 Å². The summed E-state index contributed by atoms with van der Waals surface area (Å²) < 4.78 is 0. The number of carbonyl (C=O) groups is 1. The summed E-state index contributed by atoms with van der Waals surface area (Å²) in [7, 11) is 0. The minimum atomic E-state index is -0.335. The second-order valence-corrected chi connectivity index (χ2v) is 7.23. The van der Waals surface area contributed by atoms with E-state index in [9.17, 15) is 9.90 Å². The van der Waals surface area contributed by atoms with Crippen LogP contribution < -0.4 is 10.6 Å². The Labute approximate surface area is 159 Å². The molecule has 0 saturated heterocycles. The average molecular weight is 360 g/mol. The van der Waals surface area contributed by atoms with Gasteiger partial charge in [-0.25, -0.2) is 4.79 Å². The third kappa shape index (κ3) is 3.67. The molecule has 2 unspecified atom stereocenters. The van der Waals surface area contributed by atoms with E-state index >= 15 is 0 Å². The number of hydrogen-bond donors (Lipinski definition) is 3. The molecule has 2 atom stereocenters. The van der Waals surface area contributed by atoms with E-state index in [2.05, 4.69) is 34.9 Å². The van der Waals surface area contributed by atoms with Crippen LogP contribution in [0.15, 0.2) is 60.7 Å². The van der Waals surface area contributed by atoms with E-state index in [4.69, 9.17) is 0 Å². The number of urea groups is 1. The zero-order valence-electron chi connectivity index (χ0n) is 15.4. The predicted molar refractivity (Wildman–Crippen MR) is 109 cm³/mol. The van der Waals surface area contributed by atoms with E-state index in [1.807, 2.05) is 43.3 Å². The normalized spacial score (nSPS) is 17.2. The molecule has 0 spiro atoms. The summed E-state index contributed by atoms with van der Waals surface area (Å²) in [5.74, 6) is 0. The maximum absolute atomic E-state index is 12.6. The highest BCUT2D eigenvalue weighted by Gasteiger charge is 2.20. The molecule has 4 nitrogen and oxygen atoms in total. The lowest BCUT2D eigenvalue weighted by Gasteiger charge is -2.24. The summed E-state index contributed by atoms with van der Waals surface area (Å²) in [4.78, 5) is 12.6. The Balaban J connectivity index is 1.52. The van der Waals surface area contributed by atoms with E-state index in [1.54, 1.807) is 0 Å². The van der Waals surface area contributed by atoms with E-state index in [-0.39, 0.29) is 18.2 Å². The van der Waals surface area contributed by atoms with Gasteiger partial charge in [0.25, 0.3) is 0 Å². The highest BCUT2D eigenvalue weighted by Crippen LogP contribution is 2.28. The fourth-order valence-corrected chi connectivity index (χ4v) is 3.95. The molecule has 2 amide bonds. The van der Waals surface area contributed by atoms with Crippen LogP contribution in [0, 0.1) is 0 Å². The van der Waals surface area contributed by atoms with Gasteiger partial charge in [0.05, 0.1) is 12.1 Å². The molecule has 0 bridgehead atoms. The lowest BCUT2D eigenvalue weighted by molar-refractivity contribution is 0.159. The van der Waals surface area contributed by atoms with E-state index in [0.717, 1.165) is 40.4 Å². The zero-order chi connectivity index (χ0) is 18.8. The Bertz CT molecular complexity index is 978. The van der Waals surface area contributed by atoms with Crippen LogP contribution in [-0.4, -0.2) is 17.2 Å². The van der Waals surface area contributed by atoms with Crippen LogP contribution in [0.2, 0.25) is 0 Å². The molecule has 138 valence electrons. The van der Waals surface area contributed by atoms with E-state index in [1.165, 1.54) is 5.56 Å². The zero-order valence-corrected chi connectivity index (χ0v) is 15.4. The second-order valence-electron chi connectivity index (χ2n) is 7.23. The maximum atomic E-state index is 12.6. The first-order chi connectivity index (χ1) is 13.1. The number of benzene rings is 3. The Hall–Kier alpha value is -2.85. The summed E-state index contributed by atoms with van der Waals surface area (Å²) in [6.45, 7) is 1.99. The number of aliphatic hydroxyl groups excluding tert-OH is 1. The molecule has 4 heteroatoms. The molecule has 0 saturated carbocycles. The first-order valence-corrected chi connectivity index (χ1v) is 9.46. The number of aryl methyl sites for hydroxylation is 1. The van der Waals surface area contributed by atoms with Crippen LogP contribution in [0.1, 0.15) is 36.1 Å². The Kier molecular flexibility index (Phi) is 4.82. The molecule has 0 aliphatic heterocycles. The minimum Gasteiger partial charge on any atom is -0.393 e. The van der Waals surface area contributed by atoms with E-state index < -0.39 is 0 Å². The number of aliphatic hydroxyl groups is 1. The average Bonchev–Trinajstić information content (AvgIpc) is 2.68. The van der Waals surface area contributed by atoms with Gasteiger partial charge in [0.15, 0.2) is 0 Å². The highest BCUT2D eigenvalue weighted by molar-refractivity contribution is 5.92. The lowest BCUT2D eigenvalue weighted by Crippen LogP contribution is -2.32. The fourth-order valence-electron chi connectivity index (χ4n) is 3.95. The van der Waals surface area contributed by atoms with Crippen molar-refractivity contribution in [1.29, 1.82) is 0 Å². The third-order valence-corrected chi connectivity index (χ3v) is 5.35. The van der Waals surface area contributed by atoms with Crippen molar-refractivity contribution in [3.8, 4) is 0 Å². The number of anilines is 1. The molecule has 3 aromatic rings. The summed E-state index contributed by atoms with van der Waals surface area (Å²) in [5, 5.41) is 18.3. The van der Waals surface area contributed by atoms with Gasteiger partial charge in [0.1, 0.15) is 0 Å². The fraction of sp³-hybridized carbons (Fsp3) is 0.261. The molecule has 0 aromatic heterocycles. The van der Waals surface area contributed by atoms with Gasteiger partial charge in [-0.1, -0.05) is 54.6 Å². The summed E-state index contributed by atoms with van der Waals surface area (Å²) in [6.07, 6.45) is 1.88. The molecule has 1 aliphatic carbocycles. The number of hydrogen-bond acceptors (Lipinski definition) is 2. The minimum absolute atomic E-state index is 0.124. The third-order valence-electron chi connectivity index (χ3n) is 5.35. The number of rotatable bonds is 3. The van der Waals surface area contributed by atoms with Gasteiger partial charge in [-0.05, 0) is 53.3 Å². The number of fused-ring (bicyclic) bond motifs is 2. The first-order valence-electron chi connectivity index (χ1n) is 9.46. The first kappa shape index (κ1) is 17.6. The van der Waals surface area contributed by atoms with Gasteiger partial charge in [-0.3, -0.25) is 0 Å². The molecular formula is C23H24N2O2. The van der Waals surface area contributed by atoms with Gasteiger partial charge in [-0.2, -0.15) is 0 Å². The van der Waals surface area contributed by atoms with Gasteiger partial charge < -0.3 is 15.7 Å². The van der Waals surface area contributed by atoms with Crippen LogP contribution in [0.3, 0.4) is 0 Å². The van der Waals surface area contributed by atoms with Crippen LogP contribution in [-0.2, 0) is 12.8 Å². The smallest absolute Gasteiger partial charge is 0.319 e. The summed E-state index contributed by atoms with van der Waals surface area (Å²) in [6, 6.07) is 19.9. The van der Waals surface area contributed by atoms with Crippen LogP contribution >= 0.6 is 0 Å². The number of nitrogens with one attached hydrogen (secondary N) is 2. The second kappa shape index (κ2) is 7.41. The Morgan fingerprint density at radius 2 is 1.85 bits per heavy atom. The SMILES string of the molecule is CC(NC(=O)Nc1cccc2c1CC(O)CC2)c1cccc2ccccc12. The van der Waals surface area contributed by atoms with Gasteiger partial charge >= 0.3 is 6.03 Å². The monoisotopic (exact) mass is 360 g/mol. The van der Waals surface area contributed by atoms with E-state index in [0.29, 0.717) is 6.42 Å². The Morgan fingerprint density at radius 3 is 2.74 bits per heavy atom. The maximum Gasteiger partial charge on any atom is 0.319 e. The molecule has 0 heterocycles. The van der Waals surface area contributed by atoms with Gasteiger partial charge in [-0.15, -0.1) is 0 Å². The molecule has 3 N–H and O–H groups in total. The molecule has 27 heavy (non-hydrogen) atoms. The summed E-state index contributed by atoms with van der Waals surface area (Å²) >= 11 is 0. The largest absolute Gasteiger partial charge is 0.393 e. The number of carbonyl (C=O) groups excluding carboxylic acids is 1. The van der Waals surface area contributed by atoms with Crippen molar-refractivity contribution >= 4 is 22.5 Å². The molecule has 3 aromatic carbocycles. The van der Waals surface area contributed by atoms with Crippen molar-refractivity contribution < 1.29 is 9.90 Å². The van der Waals surface area contributed by atoms with Crippen molar-refractivity contribution in [3.05, 3.63) is 77.4 Å². The van der Waals surface area contributed by atoms with Crippen molar-refractivity contribution in [1.82, 2.24) is 5.32 Å². The van der Waals surface area contributed by atoms with Crippen molar-refractivity contribution in [2.75, 3.05) is 5.32 Å². The standard InChI is InChI=1S/C23H24N2O2/c1-15(19-10-4-7-16-6-2-3-9-20(16)19)24-23(27)25-22-11-5-8-17-12-13-18(26)14-21(17)22/h2-11,15,18,26H,12-14H2,1H3,(H2,24,25,27). The molecular weight excluding hydrogens is 336 g/mol. The molecule has 1 aliphatic rings. The van der Waals surface area contributed by atoms with Crippen LogP contribution in [0.25, 0.3) is 10.8 Å². The quantitative estimate of drug-likeness (QED) is 0.641. The highest BCUT2D eigenvalue weighted by atomic mass is 16.3. The molecule has 4 rings (SSSR count). The Morgan fingerprint density at radius 1 is 1.07 bits per heavy atom. The van der Waals surface area contributed by atoms with Gasteiger partial charge in [0.2, 0.25) is 0 Å². The lowest BCUT2D eigenvalue weighted by atomic mass is 9.88. The van der Waals surface area contributed by atoms with Crippen molar-refractivity contribution in [2.24, 2.45) is 0 Å². The van der Waals surface area contributed by atoms with Crippen molar-refractivity contribution in [3.63, 3.8) is 0 Å². The topological polar surface area (TPSA) is 61.4 Å². The van der Waals surface area contributed by atoms with Crippen LogP contribution in [0.5, 0.6) is 0 Å². The summed E-state index contributed by atoms with van der Waals surface area (Å²) in [5.41, 5.74) is 4.13. The molecule has 0 radical (unpaired) electrons. The predicted octanol–water partition coefficient (Wildman–Crippen LogP) is 4.57. The number of amides is 2. The van der Waals surface area contributed by atoms with Crippen molar-refractivity contribution in [2.45, 2.75) is 38.3 Å². The molecule has 0 fully saturated rings. The van der Waals surface area contributed by atoms with Crippen LogP contribution in [0.4, 0.5) is 10.5 Å².